The highest BCUT2D eigenvalue weighted by atomic mass is 19.2. The van der Waals surface area contributed by atoms with Gasteiger partial charge in [-0.25, -0.2) is 8.78 Å². The first-order valence-electron chi connectivity index (χ1n) is 7.02. The molecule has 0 aliphatic rings. The van der Waals surface area contributed by atoms with E-state index in [9.17, 15) is 8.78 Å². The second kappa shape index (κ2) is 8.29. The predicted molar refractivity (Wildman–Crippen MR) is 78.6 cm³/mol. The van der Waals surface area contributed by atoms with Gasteiger partial charge in [-0.2, -0.15) is 0 Å². The molecule has 0 aliphatic carbocycles. The Bertz CT molecular complexity index is 410. The van der Waals surface area contributed by atoms with Crippen LogP contribution in [0.4, 0.5) is 8.78 Å². The molecule has 0 heterocycles. The summed E-state index contributed by atoms with van der Waals surface area (Å²) in [5, 5.41) is 0. The molecule has 0 saturated carbocycles. The summed E-state index contributed by atoms with van der Waals surface area (Å²) in [7, 11) is 4.02. The van der Waals surface area contributed by atoms with E-state index in [1.54, 1.807) is 6.07 Å². The number of hydrogen-bond acceptors (Lipinski definition) is 3. The van der Waals surface area contributed by atoms with Gasteiger partial charge in [-0.3, -0.25) is 0 Å². The van der Waals surface area contributed by atoms with Crippen LogP contribution in [-0.4, -0.2) is 50.1 Å². The SMILES string of the molecule is CCCN(CCN(C)C)CC(N)c1cccc(F)c1F. The quantitative estimate of drug-likeness (QED) is 0.795. The van der Waals surface area contributed by atoms with Crippen molar-refractivity contribution in [1.29, 1.82) is 0 Å². The smallest absolute Gasteiger partial charge is 0.163 e. The van der Waals surface area contributed by atoms with Crippen molar-refractivity contribution in [2.75, 3.05) is 40.3 Å². The Hall–Kier alpha value is -1.04. The molecule has 1 unspecified atom stereocenters. The first-order chi connectivity index (χ1) is 9.45. The van der Waals surface area contributed by atoms with Crippen LogP contribution >= 0.6 is 0 Å². The van der Waals surface area contributed by atoms with E-state index in [-0.39, 0.29) is 5.56 Å². The zero-order valence-corrected chi connectivity index (χ0v) is 12.6. The average Bonchev–Trinajstić information content (AvgIpc) is 2.39. The number of likely N-dealkylation sites (N-methyl/N-ethyl adjacent to an activating group) is 1. The molecule has 0 aliphatic heterocycles. The van der Waals surface area contributed by atoms with E-state index in [0.717, 1.165) is 32.1 Å². The molecule has 0 amide bonds. The van der Waals surface area contributed by atoms with Crippen LogP contribution in [0.3, 0.4) is 0 Å². The van der Waals surface area contributed by atoms with Crippen LogP contribution < -0.4 is 5.73 Å². The molecule has 0 spiro atoms. The van der Waals surface area contributed by atoms with Gasteiger partial charge in [0.15, 0.2) is 11.6 Å². The highest BCUT2D eigenvalue weighted by molar-refractivity contribution is 5.22. The van der Waals surface area contributed by atoms with Crippen LogP contribution in [0, 0.1) is 11.6 Å². The van der Waals surface area contributed by atoms with Crippen LogP contribution in [-0.2, 0) is 0 Å². The number of hydrogen-bond donors (Lipinski definition) is 1. The molecule has 20 heavy (non-hydrogen) atoms. The van der Waals surface area contributed by atoms with Crippen LogP contribution in [0.5, 0.6) is 0 Å². The molecule has 1 aromatic rings. The van der Waals surface area contributed by atoms with Gasteiger partial charge in [0.1, 0.15) is 0 Å². The zero-order chi connectivity index (χ0) is 15.1. The second-order valence-corrected chi connectivity index (χ2v) is 5.35. The Balaban J connectivity index is 2.69. The summed E-state index contributed by atoms with van der Waals surface area (Å²) < 4.78 is 26.9. The fourth-order valence-corrected chi connectivity index (χ4v) is 2.14. The molecule has 114 valence electrons. The first kappa shape index (κ1) is 17.0. The van der Waals surface area contributed by atoms with Gasteiger partial charge < -0.3 is 15.5 Å². The maximum atomic E-state index is 13.7. The van der Waals surface area contributed by atoms with Gasteiger partial charge in [-0.15, -0.1) is 0 Å². The lowest BCUT2D eigenvalue weighted by Crippen LogP contribution is -2.37. The molecule has 5 heteroatoms. The van der Waals surface area contributed by atoms with Crippen LogP contribution in [0.15, 0.2) is 18.2 Å². The summed E-state index contributed by atoms with van der Waals surface area (Å²) in [6, 6.07) is 3.65. The molecule has 0 radical (unpaired) electrons. The fraction of sp³-hybridized carbons (Fsp3) is 0.600. The number of nitrogens with zero attached hydrogens (tertiary/aromatic N) is 2. The van der Waals surface area contributed by atoms with Gasteiger partial charge in [0, 0.05) is 31.2 Å². The molecule has 1 atom stereocenters. The summed E-state index contributed by atoms with van der Waals surface area (Å²) in [6.45, 7) is 5.31. The summed E-state index contributed by atoms with van der Waals surface area (Å²) in [6.07, 6.45) is 1.01. The van der Waals surface area contributed by atoms with Crippen molar-refractivity contribution in [3.8, 4) is 0 Å². The normalized spacial score (nSPS) is 13.2. The van der Waals surface area contributed by atoms with Crippen molar-refractivity contribution in [3.63, 3.8) is 0 Å². The van der Waals surface area contributed by atoms with Crippen LogP contribution in [0.2, 0.25) is 0 Å². The number of halogens is 2. The topological polar surface area (TPSA) is 32.5 Å². The Morgan fingerprint density at radius 1 is 1.15 bits per heavy atom. The number of nitrogens with two attached hydrogens (primary N) is 1. The van der Waals surface area contributed by atoms with Gasteiger partial charge in [-0.1, -0.05) is 19.1 Å². The standard InChI is InChI=1S/C15H25F2N3/c1-4-8-20(10-9-19(2)3)11-14(18)12-6-5-7-13(16)15(12)17/h5-7,14H,4,8-11,18H2,1-3H3. The van der Waals surface area contributed by atoms with E-state index in [4.69, 9.17) is 5.73 Å². The monoisotopic (exact) mass is 285 g/mol. The van der Waals surface area contributed by atoms with Crippen molar-refractivity contribution in [2.45, 2.75) is 19.4 Å². The Kier molecular flexibility index (Phi) is 7.05. The number of benzene rings is 1. The van der Waals surface area contributed by atoms with Gasteiger partial charge in [0.25, 0.3) is 0 Å². The summed E-state index contributed by atoms with van der Waals surface area (Å²) in [5.41, 5.74) is 6.29. The maximum Gasteiger partial charge on any atom is 0.163 e. The zero-order valence-electron chi connectivity index (χ0n) is 12.6. The Morgan fingerprint density at radius 2 is 1.85 bits per heavy atom. The van der Waals surface area contributed by atoms with Gasteiger partial charge in [0.2, 0.25) is 0 Å². The summed E-state index contributed by atoms with van der Waals surface area (Å²) in [4.78, 5) is 4.28. The van der Waals surface area contributed by atoms with Crippen molar-refractivity contribution < 1.29 is 8.78 Å². The lowest BCUT2D eigenvalue weighted by atomic mass is 10.1. The minimum absolute atomic E-state index is 0.246. The predicted octanol–water partition coefficient (Wildman–Crippen LogP) is 2.24. The molecule has 0 aromatic heterocycles. The highest BCUT2D eigenvalue weighted by Gasteiger charge is 2.17. The van der Waals surface area contributed by atoms with Crippen LogP contribution in [0.1, 0.15) is 24.9 Å². The van der Waals surface area contributed by atoms with E-state index >= 15 is 0 Å². The lowest BCUT2D eigenvalue weighted by Gasteiger charge is -2.27. The third-order valence-electron chi connectivity index (χ3n) is 3.24. The van der Waals surface area contributed by atoms with Crippen molar-refractivity contribution >= 4 is 0 Å². The van der Waals surface area contributed by atoms with E-state index in [0.29, 0.717) is 6.54 Å². The Labute approximate surface area is 120 Å². The molecule has 1 aromatic carbocycles. The second-order valence-electron chi connectivity index (χ2n) is 5.35. The summed E-state index contributed by atoms with van der Waals surface area (Å²) in [5.74, 6) is -1.67. The van der Waals surface area contributed by atoms with Gasteiger partial charge >= 0.3 is 0 Å². The fourth-order valence-electron chi connectivity index (χ4n) is 2.14. The average molecular weight is 285 g/mol. The van der Waals surface area contributed by atoms with E-state index < -0.39 is 17.7 Å². The molecule has 2 N–H and O–H groups in total. The molecule has 1 rings (SSSR count). The molecule has 0 saturated heterocycles. The largest absolute Gasteiger partial charge is 0.323 e. The highest BCUT2D eigenvalue weighted by Crippen LogP contribution is 2.18. The van der Waals surface area contributed by atoms with Crippen LogP contribution in [0.25, 0.3) is 0 Å². The van der Waals surface area contributed by atoms with Gasteiger partial charge in [-0.05, 0) is 33.1 Å². The van der Waals surface area contributed by atoms with Crippen molar-refractivity contribution in [1.82, 2.24) is 9.80 Å². The first-order valence-corrected chi connectivity index (χ1v) is 7.02. The van der Waals surface area contributed by atoms with Crippen molar-refractivity contribution in [3.05, 3.63) is 35.4 Å². The minimum atomic E-state index is -0.840. The molecule has 3 nitrogen and oxygen atoms in total. The molecular weight excluding hydrogens is 260 g/mol. The maximum absolute atomic E-state index is 13.7. The van der Waals surface area contributed by atoms with E-state index in [2.05, 4.69) is 16.7 Å². The molecule has 0 bridgehead atoms. The molecule has 0 fully saturated rings. The molecular formula is C15H25F2N3. The third kappa shape index (κ3) is 5.15. The lowest BCUT2D eigenvalue weighted by molar-refractivity contribution is 0.228. The van der Waals surface area contributed by atoms with E-state index in [1.807, 2.05) is 14.1 Å². The third-order valence-corrected chi connectivity index (χ3v) is 3.24. The summed E-state index contributed by atoms with van der Waals surface area (Å²) >= 11 is 0. The van der Waals surface area contributed by atoms with Crippen molar-refractivity contribution in [2.24, 2.45) is 5.73 Å². The minimum Gasteiger partial charge on any atom is -0.323 e. The van der Waals surface area contributed by atoms with Gasteiger partial charge in [0.05, 0.1) is 0 Å². The number of rotatable bonds is 8. The van der Waals surface area contributed by atoms with E-state index in [1.165, 1.54) is 6.07 Å². The Morgan fingerprint density at radius 3 is 2.45 bits per heavy atom.